The molecule has 2 N–H and O–H groups in total. The van der Waals surface area contributed by atoms with Gasteiger partial charge in [0.1, 0.15) is 0 Å². The molecule has 0 saturated carbocycles. The van der Waals surface area contributed by atoms with Crippen LogP contribution in [0.25, 0.3) is 5.69 Å². The average Bonchev–Trinajstić information content (AvgIpc) is 2.90. The van der Waals surface area contributed by atoms with Crippen molar-refractivity contribution in [2.45, 2.75) is 12.5 Å². The molecule has 2 aromatic carbocycles. The molecule has 1 heterocycles. The summed E-state index contributed by atoms with van der Waals surface area (Å²) >= 11 is 5.83. The van der Waals surface area contributed by atoms with Crippen molar-refractivity contribution in [3.63, 3.8) is 0 Å². The van der Waals surface area contributed by atoms with Gasteiger partial charge in [-0.2, -0.15) is 0 Å². The van der Waals surface area contributed by atoms with Crippen molar-refractivity contribution in [2.24, 2.45) is 0 Å². The second-order valence-corrected chi connectivity index (χ2v) is 5.31. The maximum Gasteiger partial charge on any atom is 0.430 e. The summed E-state index contributed by atoms with van der Waals surface area (Å²) in [6, 6.07) is 16.1. The van der Waals surface area contributed by atoms with Crippen LogP contribution in [-0.4, -0.2) is 10.4 Å². The molecule has 0 spiro atoms. The van der Waals surface area contributed by atoms with Gasteiger partial charge in [0.05, 0.1) is 12.5 Å². The highest BCUT2D eigenvalue weighted by Crippen LogP contribution is 2.18. The van der Waals surface area contributed by atoms with Gasteiger partial charge in [0.25, 0.3) is 0 Å². The molecule has 112 valence electrons. The standard InChI is InChI=1S/C16H13ClN2O3/c17-12-8-6-11(7-9-12)15(20)10-14-16(21)22-18-19(14)13-4-2-1-3-5-13/h1-9,15,20H,10H2/p+1. The highest BCUT2D eigenvalue weighted by molar-refractivity contribution is 6.30. The predicted octanol–water partition coefficient (Wildman–Crippen LogP) is 2.17. The normalized spacial score (nSPS) is 12.3. The molecule has 0 aliphatic rings. The van der Waals surface area contributed by atoms with Crippen LogP contribution < -0.4 is 10.3 Å². The van der Waals surface area contributed by atoms with Gasteiger partial charge in [-0.25, -0.2) is 4.79 Å². The lowest BCUT2D eigenvalue weighted by atomic mass is 10.1. The van der Waals surface area contributed by atoms with Gasteiger partial charge in [-0.3, -0.25) is 4.52 Å². The summed E-state index contributed by atoms with van der Waals surface area (Å²) in [5.41, 5.74) is 1.28. The van der Waals surface area contributed by atoms with Gasteiger partial charge in [-0.1, -0.05) is 41.9 Å². The lowest BCUT2D eigenvalue weighted by molar-refractivity contribution is -0.677. The fourth-order valence-corrected chi connectivity index (χ4v) is 2.36. The van der Waals surface area contributed by atoms with Crippen molar-refractivity contribution >= 4 is 11.6 Å². The van der Waals surface area contributed by atoms with Crippen molar-refractivity contribution in [3.8, 4) is 5.69 Å². The fraction of sp³-hybridized carbons (Fsp3) is 0.125. The lowest BCUT2D eigenvalue weighted by Crippen LogP contribution is -2.39. The summed E-state index contributed by atoms with van der Waals surface area (Å²) in [6.45, 7) is 0. The predicted molar refractivity (Wildman–Crippen MR) is 81.0 cm³/mol. The van der Waals surface area contributed by atoms with E-state index in [1.165, 1.54) is 4.68 Å². The number of rotatable bonds is 4. The Hall–Kier alpha value is -2.37. The van der Waals surface area contributed by atoms with Crippen molar-refractivity contribution in [1.82, 2.24) is 5.27 Å². The van der Waals surface area contributed by atoms with Gasteiger partial charge in [0.2, 0.25) is 5.69 Å². The Labute approximate surface area is 131 Å². The third-order valence-electron chi connectivity index (χ3n) is 3.39. The average molecular weight is 318 g/mol. The van der Waals surface area contributed by atoms with Gasteiger partial charge in [0.15, 0.2) is 0 Å². The van der Waals surface area contributed by atoms with Crippen LogP contribution in [0.15, 0.2) is 63.9 Å². The van der Waals surface area contributed by atoms with Gasteiger partial charge in [-0.05, 0) is 27.6 Å². The van der Waals surface area contributed by atoms with E-state index in [0.717, 1.165) is 5.69 Å². The summed E-state index contributed by atoms with van der Waals surface area (Å²) in [6.07, 6.45) is -0.701. The molecule has 22 heavy (non-hydrogen) atoms. The number of aliphatic hydroxyl groups excluding tert-OH is 1. The highest BCUT2D eigenvalue weighted by Gasteiger charge is 2.26. The van der Waals surface area contributed by atoms with Gasteiger partial charge in [0, 0.05) is 17.2 Å². The molecule has 0 saturated heterocycles. The fourth-order valence-electron chi connectivity index (χ4n) is 2.24. The van der Waals surface area contributed by atoms with E-state index in [1.54, 1.807) is 24.3 Å². The van der Waals surface area contributed by atoms with E-state index >= 15 is 0 Å². The SMILES string of the molecule is O=c1o[nH][n+](-c2ccccc2)c1CC(O)c1ccc(Cl)cc1. The number of nitrogens with zero attached hydrogens (tertiary/aromatic N) is 1. The second kappa shape index (κ2) is 6.17. The molecule has 6 heteroatoms. The molecule has 0 aliphatic carbocycles. The molecule has 3 aromatic rings. The summed E-state index contributed by atoms with van der Waals surface area (Å²) in [5, 5.41) is 13.5. The molecule has 0 fully saturated rings. The lowest BCUT2D eigenvalue weighted by Gasteiger charge is -2.07. The number of hydrogen-bond acceptors (Lipinski definition) is 3. The minimum atomic E-state index is -0.828. The summed E-state index contributed by atoms with van der Waals surface area (Å²) in [5.74, 6) is 0. The third kappa shape index (κ3) is 2.95. The quantitative estimate of drug-likeness (QED) is 0.725. The van der Waals surface area contributed by atoms with Crippen LogP contribution in [0.1, 0.15) is 17.4 Å². The number of halogens is 1. The molecule has 0 radical (unpaired) electrons. The van der Waals surface area contributed by atoms with E-state index < -0.39 is 11.7 Å². The molecule has 1 unspecified atom stereocenters. The molecule has 3 rings (SSSR count). The number of hydrogen-bond donors (Lipinski definition) is 2. The molecule has 0 aliphatic heterocycles. The van der Waals surface area contributed by atoms with Crippen LogP contribution in [0, 0.1) is 0 Å². The van der Waals surface area contributed by atoms with E-state index in [4.69, 9.17) is 16.1 Å². The molecular weight excluding hydrogens is 304 g/mol. The maximum atomic E-state index is 11.9. The first-order valence-electron chi connectivity index (χ1n) is 6.76. The zero-order valence-corrected chi connectivity index (χ0v) is 12.3. The number of benzene rings is 2. The van der Waals surface area contributed by atoms with Crippen LogP contribution in [0.2, 0.25) is 5.02 Å². The Morgan fingerprint density at radius 1 is 1.14 bits per heavy atom. The van der Waals surface area contributed by atoms with Crippen LogP contribution >= 0.6 is 11.6 Å². The second-order valence-electron chi connectivity index (χ2n) is 4.87. The zero-order chi connectivity index (χ0) is 15.5. The third-order valence-corrected chi connectivity index (χ3v) is 3.64. The molecule has 0 bridgehead atoms. The minimum Gasteiger partial charge on any atom is -0.388 e. The van der Waals surface area contributed by atoms with Crippen LogP contribution in [0.3, 0.4) is 0 Å². The Balaban J connectivity index is 1.91. The summed E-state index contributed by atoms with van der Waals surface area (Å²) < 4.78 is 6.39. The zero-order valence-electron chi connectivity index (χ0n) is 11.6. The number of aromatic amines is 1. The molecule has 1 atom stereocenters. The smallest absolute Gasteiger partial charge is 0.388 e. The number of H-pyrrole nitrogens is 1. The Morgan fingerprint density at radius 2 is 1.82 bits per heavy atom. The Kier molecular flexibility index (Phi) is 4.09. The van der Waals surface area contributed by atoms with Crippen LogP contribution in [-0.2, 0) is 6.42 Å². The van der Waals surface area contributed by atoms with E-state index in [2.05, 4.69) is 5.27 Å². The first kappa shape index (κ1) is 14.6. The van der Waals surface area contributed by atoms with E-state index in [0.29, 0.717) is 16.3 Å². The monoisotopic (exact) mass is 317 g/mol. The molecule has 0 amide bonds. The largest absolute Gasteiger partial charge is 0.430 e. The molecule has 1 aromatic heterocycles. The molecule has 5 nitrogen and oxygen atoms in total. The van der Waals surface area contributed by atoms with Crippen molar-refractivity contribution < 1.29 is 14.3 Å². The maximum absolute atomic E-state index is 11.9. The van der Waals surface area contributed by atoms with Crippen molar-refractivity contribution in [3.05, 3.63) is 81.3 Å². The topological polar surface area (TPSA) is 70.1 Å². The summed E-state index contributed by atoms with van der Waals surface area (Å²) in [4.78, 5) is 11.9. The summed E-state index contributed by atoms with van der Waals surface area (Å²) in [7, 11) is 0. The van der Waals surface area contributed by atoms with Gasteiger partial charge < -0.3 is 5.11 Å². The van der Waals surface area contributed by atoms with Crippen molar-refractivity contribution in [1.29, 1.82) is 0 Å². The number of aromatic nitrogens is 2. The Morgan fingerprint density at radius 3 is 2.50 bits per heavy atom. The van der Waals surface area contributed by atoms with E-state index in [-0.39, 0.29) is 6.42 Å². The van der Waals surface area contributed by atoms with Crippen LogP contribution in [0.4, 0.5) is 0 Å². The van der Waals surface area contributed by atoms with Gasteiger partial charge in [-0.15, -0.1) is 0 Å². The first-order chi connectivity index (χ1) is 10.6. The number of para-hydroxylation sites is 1. The molecular formula is C16H14ClN2O3+. The van der Waals surface area contributed by atoms with E-state index in [9.17, 15) is 9.90 Å². The van der Waals surface area contributed by atoms with E-state index in [1.807, 2.05) is 30.3 Å². The van der Waals surface area contributed by atoms with Crippen molar-refractivity contribution in [2.75, 3.05) is 0 Å². The number of aliphatic hydroxyl groups is 1. The minimum absolute atomic E-state index is 0.127. The van der Waals surface area contributed by atoms with Gasteiger partial charge >= 0.3 is 11.3 Å². The van der Waals surface area contributed by atoms with Crippen LogP contribution in [0.5, 0.6) is 0 Å². The Bertz CT molecular complexity index is 809. The highest BCUT2D eigenvalue weighted by atomic mass is 35.5. The first-order valence-corrected chi connectivity index (χ1v) is 7.14. The number of nitrogens with one attached hydrogen (secondary N) is 1.